The number of fused-ring (bicyclic) bond motifs is 2. The van der Waals surface area contributed by atoms with Crippen LogP contribution in [0.3, 0.4) is 0 Å². The molecule has 0 radical (unpaired) electrons. The molecule has 0 saturated carbocycles. The first-order valence-electron chi connectivity index (χ1n) is 45.5. The van der Waals surface area contributed by atoms with E-state index in [-0.39, 0.29) is 57.8 Å². The minimum absolute atomic E-state index is 0.00645. The van der Waals surface area contributed by atoms with Crippen molar-refractivity contribution in [2.75, 3.05) is 104 Å². The van der Waals surface area contributed by atoms with E-state index in [9.17, 15) is 92.3 Å². The highest BCUT2D eigenvalue weighted by atomic mass is 33.1. The average Bonchev–Trinajstić information content (AvgIpc) is 1.80. The van der Waals surface area contributed by atoms with Gasteiger partial charge >= 0.3 is 23.9 Å². The van der Waals surface area contributed by atoms with Crippen LogP contribution in [0, 0.1) is 17.8 Å². The number of nitrogens with two attached hydrogens (primary N) is 1. The Morgan fingerprint density at radius 3 is 1.50 bits per heavy atom. The SMILES string of the molecule is CC(=O)N[C@@H](CC(=O)O)C(=O)N[C@H]1CSSC[C@@H](C(=O)N[C@H](C(=O)O)[C@@H](C)O)NC(=O)[C@H](Cc2c[nH]c3ccccc23)NC(=O)[C@H](C(C)C)NC(=O)[C@H](CC(C)C)NC(=O)[C@H](CCC(=O)O)NC(=O)CNC(=O)[C@H](CC(C)C)NC(=O)[C@H](CC(=O)NCc2ccc(OC(=O)CCOCCOCCOCCOCCOCCOCCN)cc2)NC(=O)[C@H](Cc2c[nH]c3ccccc23)NC(=O)[C@H](C)NC1=O. The second-order valence-electron chi connectivity index (χ2n) is 33.8. The Kier molecular flexibility index (Phi) is 50.7. The normalized spacial score (nSPS) is 20.4. The summed E-state index contributed by atoms with van der Waals surface area (Å²) in [6, 6.07) is -1.51. The second kappa shape index (κ2) is 61.1. The van der Waals surface area contributed by atoms with Crippen LogP contribution in [0.15, 0.2) is 85.2 Å². The zero-order valence-corrected chi connectivity index (χ0v) is 80.7. The summed E-state index contributed by atoms with van der Waals surface area (Å²) in [6.45, 7) is 16.2. The van der Waals surface area contributed by atoms with E-state index < -0.39 is 253 Å². The number of hydrogen-bond acceptors (Lipinski definition) is 29. The number of carbonyl (C=O) groups excluding carboxylic acids is 15. The van der Waals surface area contributed by atoms with Crippen molar-refractivity contribution in [3.05, 3.63) is 102 Å². The van der Waals surface area contributed by atoms with Gasteiger partial charge in [-0.15, -0.1) is 0 Å². The molecule has 2 aromatic heterocycles. The van der Waals surface area contributed by atoms with Crippen LogP contribution in [0.5, 0.6) is 5.75 Å². The third-order valence-electron chi connectivity index (χ3n) is 21.0. The van der Waals surface area contributed by atoms with Crippen LogP contribution < -0.4 is 84.9 Å². The van der Waals surface area contributed by atoms with E-state index in [1.54, 1.807) is 82.4 Å². The molecule has 0 aliphatic carbocycles. The maximum Gasteiger partial charge on any atom is 0.328 e. The highest BCUT2D eigenvalue weighted by Gasteiger charge is 2.40. The number of aliphatic carboxylic acids is 3. The smallest absolute Gasteiger partial charge is 0.328 e. The van der Waals surface area contributed by atoms with Crippen LogP contribution in [-0.2, 0) is 134 Å². The molecule has 3 heterocycles. The number of aromatic amines is 2. The van der Waals surface area contributed by atoms with Crippen LogP contribution in [0.1, 0.15) is 124 Å². The quantitative estimate of drug-likeness (QED) is 0.00904. The average molecular weight is 1990 g/mol. The molecule has 1 saturated heterocycles. The number of nitrogens with one attached hydrogen (secondary N) is 16. The minimum atomic E-state index is -2.01. The fourth-order valence-corrected chi connectivity index (χ4v) is 16.2. The van der Waals surface area contributed by atoms with Crippen molar-refractivity contribution in [3.8, 4) is 5.75 Å². The Hall–Kier alpha value is -12.4. The molecule has 14 amide bonds. The number of aliphatic hydroxyl groups is 1. The van der Waals surface area contributed by atoms with E-state index >= 15 is 14.4 Å². The van der Waals surface area contributed by atoms with Crippen molar-refractivity contribution in [1.29, 1.82) is 0 Å². The molecule has 6 rings (SSSR count). The molecule has 766 valence electrons. The number of carboxylic acid groups (broad SMARTS) is 3. The van der Waals surface area contributed by atoms with Crippen molar-refractivity contribution in [3.63, 3.8) is 0 Å². The van der Waals surface area contributed by atoms with Gasteiger partial charge in [-0.1, -0.05) is 112 Å². The number of benzene rings is 3. The lowest BCUT2D eigenvalue weighted by atomic mass is 9.98. The number of esters is 1. The van der Waals surface area contributed by atoms with Gasteiger partial charge in [0, 0.05) is 85.0 Å². The van der Waals surface area contributed by atoms with Crippen LogP contribution in [0.25, 0.3) is 21.8 Å². The van der Waals surface area contributed by atoms with E-state index in [1.165, 1.54) is 44.3 Å². The van der Waals surface area contributed by atoms with Gasteiger partial charge in [-0.05, 0) is 91.8 Å². The molecule has 3 aromatic carbocycles. The lowest BCUT2D eigenvalue weighted by Crippen LogP contribution is -2.61. The summed E-state index contributed by atoms with van der Waals surface area (Å²) in [5.74, 6) is -23.2. The highest BCUT2D eigenvalue weighted by Crippen LogP contribution is 2.26. The summed E-state index contributed by atoms with van der Waals surface area (Å²) >= 11 is 0. The third-order valence-corrected chi connectivity index (χ3v) is 23.5. The van der Waals surface area contributed by atoms with Crippen LogP contribution in [-0.4, -0.2) is 319 Å². The second-order valence-corrected chi connectivity index (χ2v) is 36.4. The van der Waals surface area contributed by atoms with Crippen LogP contribution >= 0.6 is 21.6 Å². The predicted molar refractivity (Wildman–Crippen MR) is 506 cm³/mol. The monoisotopic (exact) mass is 1990 g/mol. The summed E-state index contributed by atoms with van der Waals surface area (Å²) in [6.07, 6.45) is -3.14. The van der Waals surface area contributed by atoms with E-state index in [2.05, 4.69) is 84.4 Å². The van der Waals surface area contributed by atoms with Crippen molar-refractivity contribution in [1.82, 2.24) is 84.4 Å². The van der Waals surface area contributed by atoms with Crippen molar-refractivity contribution in [2.24, 2.45) is 23.5 Å². The maximum absolute atomic E-state index is 15.4. The van der Waals surface area contributed by atoms with E-state index in [4.69, 9.17) is 38.9 Å². The Labute approximate surface area is 810 Å². The van der Waals surface area contributed by atoms with Crippen molar-refractivity contribution < 1.29 is 140 Å². The van der Waals surface area contributed by atoms with Gasteiger partial charge in [0.1, 0.15) is 72.2 Å². The molecule has 0 spiro atoms. The van der Waals surface area contributed by atoms with Gasteiger partial charge in [-0.3, -0.25) is 81.5 Å². The number of rotatable bonds is 46. The van der Waals surface area contributed by atoms with Gasteiger partial charge in [0.2, 0.25) is 82.7 Å². The van der Waals surface area contributed by atoms with Crippen molar-refractivity contribution >= 4 is 150 Å². The third kappa shape index (κ3) is 42.4. The van der Waals surface area contributed by atoms with Gasteiger partial charge in [0.15, 0.2) is 6.04 Å². The minimum Gasteiger partial charge on any atom is -0.481 e. The van der Waals surface area contributed by atoms with Crippen LogP contribution in [0.4, 0.5) is 0 Å². The Balaban J connectivity index is 1.35. The number of carbonyl (C=O) groups is 18. The molecule has 46 nitrogen and oxygen atoms in total. The Morgan fingerprint density at radius 1 is 0.504 bits per heavy atom. The first-order valence-corrected chi connectivity index (χ1v) is 48.0. The number of aliphatic hydroxyl groups excluding tert-OH is 1. The van der Waals surface area contributed by atoms with Crippen molar-refractivity contribution in [2.45, 2.75) is 205 Å². The number of ether oxygens (including phenoxy) is 7. The Bertz CT molecular complexity index is 4910. The molecule has 1 aliphatic rings. The van der Waals surface area contributed by atoms with E-state index in [1.807, 2.05) is 0 Å². The molecular formula is C91H131N17O29S2. The molecule has 5 aromatic rings. The summed E-state index contributed by atoms with van der Waals surface area (Å²) < 4.78 is 38.2. The van der Waals surface area contributed by atoms with Gasteiger partial charge in [0.25, 0.3) is 0 Å². The first-order chi connectivity index (χ1) is 66.2. The molecular weight excluding hydrogens is 1860 g/mol. The predicted octanol–water partition coefficient (Wildman–Crippen LogP) is -1.58. The van der Waals surface area contributed by atoms with E-state index in [0.717, 1.165) is 20.8 Å². The maximum atomic E-state index is 15.4. The van der Waals surface area contributed by atoms with Gasteiger partial charge in [0.05, 0.1) is 111 Å². The summed E-state index contributed by atoms with van der Waals surface area (Å²) in [4.78, 5) is 260. The highest BCUT2D eigenvalue weighted by molar-refractivity contribution is 8.76. The topological polar surface area (TPSA) is 679 Å². The fourth-order valence-electron chi connectivity index (χ4n) is 13.9. The molecule has 0 unspecified atom stereocenters. The lowest BCUT2D eigenvalue weighted by Gasteiger charge is -2.29. The largest absolute Gasteiger partial charge is 0.481 e. The van der Waals surface area contributed by atoms with Gasteiger partial charge < -0.3 is 144 Å². The zero-order valence-electron chi connectivity index (χ0n) is 79.1. The number of carboxylic acids is 3. The zero-order chi connectivity index (χ0) is 102. The molecule has 13 atom stereocenters. The Morgan fingerprint density at radius 2 is 0.986 bits per heavy atom. The standard InChI is InChI=1S/C91H131N17O29S2/c1-50(2)38-65-81(119)96-47-74(112)99-64(22-23-75(113)114)82(120)102-66(39-51(3)4)87(125)107-78(52(5)6)90(128)104-68(41-58-46-94-63-17-13-11-15-61(58)63)84(122)106-72(89(127)108-79(54(8)109)91(129)130)49-139-138-48-71(105-86(124)70(43-76(115)116)98-55(9)110)88(126)97-53(7)80(118)100-67(40-57-45-93-62-16-12-10-14-60(57)62)83(121)103-69(85(123)101-65)42-73(111)95-44-56-18-20-59(21-19-56)137-77(117)24-26-131-28-30-133-32-34-135-36-37-136-35-33-134-31-29-132-27-25-92/h10-21,45-46,50-54,64-72,78-79,93-94,109H,22-44,47-49,92H2,1-9H3,(H,95,111)(H,96,119)(H,97,126)(H,98,110)(H,99,112)(H,100,118)(H,101,123)(H,102,120)(H,103,121)(H,104,128)(H,105,124)(H,106,122)(H,107,125)(H,108,127)(H,113,114)(H,115,116)(H,129,130)/t53-,54+,64-,65-,66-,67-,68-,69-,70-,71-,72-,78-,79-/m0/s1. The fraction of sp³-hybridized carbons (Fsp3) is 0.560. The first kappa shape index (κ1) is 115. The van der Waals surface area contributed by atoms with Crippen LogP contribution in [0.2, 0.25) is 0 Å². The molecule has 48 heteroatoms. The van der Waals surface area contributed by atoms with E-state index in [0.29, 0.717) is 126 Å². The molecule has 0 bridgehead atoms. The molecule has 139 heavy (non-hydrogen) atoms. The number of para-hydroxylation sites is 2. The molecule has 22 N–H and O–H groups in total. The number of hydrogen-bond donors (Lipinski definition) is 21. The molecule has 1 fully saturated rings. The van der Waals surface area contributed by atoms with Gasteiger partial charge in [-0.2, -0.15) is 0 Å². The lowest BCUT2D eigenvalue weighted by molar-refractivity contribution is -0.145. The van der Waals surface area contributed by atoms with Gasteiger partial charge in [-0.25, -0.2) is 4.79 Å². The number of aromatic nitrogens is 2. The molecule has 1 aliphatic heterocycles. The summed E-state index contributed by atoms with van der Waals surface area (Å²) in [7, 11) is 1.42. The summed E-state index contributed by atoms with van der Waals surface area (Å²) in [5.41, 5.74) is 7.79. The number of H-pyrrole nitrogens is 2. The summed E-state index contributed by atoms with van der Waals surface area (Å²) in [5, 5.41) is 76.5. The number of amides is 14.